The number of para-hydroxylation sites is 1. The molecule has 6 heteroatoms. The second-order valence-corrected chi connectivity index (χ2v) is 8.02. The van der Waals surface area contributed by atoms with Crippen molar-refractivity contribution in [3.63, 3.8) is 0 Å². The van der Waals surface area contributed by atoms with Gasteiger partial charge in [-0.15, -0.1) is 10.2 Å². The standard InChI is InChI=1S/C26H24N4O2/c1-3-4-7-18-10-12-20(13-11-18)30-28-22-14-17(2)21(16-23(22)29-30)27-26(31)25-15-19-8-5-6-9-24(19)32-25/h5-6,8-16H,3-4,7H2,1-2H3,(H,27,31). The number of unbranched alkanes of at least 4 members (excludes halogenated alkanes) is 1. The summed E-state index contributed by atoms with van der Waals surface area (Å²) in [5, 5.41) is 13.1. The van der Waals surface area contributed by atoms with Gasteiger partial charge in [0, 0.05) is 11.1 Å². The van der Waals surface area contributed by atoms with E-state index < -0.39 is 0 Å². The fourth-order valence-corrected chi connectivity index (χ4v) is 3.77. The van der Waals surface area contributed by atoms with Crippen molar-refractivity contribution in [3.8, 4) is 5.69 Å². The second-order valence-electron chi connectivity index (χ2n) is 8.02. The molecular formula is C26H24N4O2. The van der Waals surface area contributed by atoms with Crippen molar-refractivity contribution < 1.29 is 9.21 Å². The number of anilines is 1. The fourth-order valence-electron chi connectivity index (χ4n) is 3.77. The van der Waals surface area contributed by atoms with Gasteiger partial charge in [-0.05, 0) is 67.3 Å². The molecule has 0 spiro atoms. The number of nitrogens with one attached hydrogen (secondary N) is 1. The molecule has 2 heterocycles. The van der Waals surface area contributed by atoms with Crippen molar-refractivity contribution in [1.82, 2.24) is 15.0 Å². The van der Waals surface area contributed by atoms with Crippen LogP contribution in [0.15, 0.2) is 71.1 Å². The molecule has 3 aromatic carbocycles. The first kappa shape index (κ1) is 20.0. The zero-order chi connectivity index (χ0) is 22.1. The third-order valence-corrected chi connectivity index (χ3v) is 5.61. The van der Waals surface area contributed by atoms with Crippen molar-refractivity contribution in [2.45, 2.75) is 33.1 Å². The van der Waals surface area contributed by atoms with Crippen LogP contribution in [-0.4, -0.2) is 20.9 Å². The van der Waals surface area contributed by atoms with Crippen molar-refractivity contribution in [2.24, 2.45) is 0 Å². The summed E-state index contributed by atoms with van der Waals surface area (Å²) in [6.07, 6.45) is 3.45. The highest BCUT2D eigenvalue weighted by Crippen LogP contribution is 2.24. The van der Waals surface area contributed by atoms with Gasteiger partial charge in [-0.3, -0.25) is 4.79 Å². The first-order valence-electron chi connectivity index (χ1n) is 10.9. The zero-order valence-electron chi connectivity index (χ0n) is 18.1. The van der Waals surface area contributed by atoms with Gasteiger partial charge in [-0.2, -0.15) is 4.80 Å². The Morgan fingerprint density at radius 1 is 1.00 bits per heavy atom. The molecule has 2 aromatic heterocycles. The van der Waals surface area contributed by atoms with Crippen LogP contribution < -0.4 is 5.32 Å². The number of benzene rings is 3. The lowest BCUT2D eigenvalue weighted by atomic mass is 10.1. The number of aromatic nitrogens is 3. The molecule has 0 unspecified atom stereocenters. The largest absolute Gasteiger partial charge is 0.451 e. The Kier molecular flexibility index (Phi) is 5.19. The molecule has 0 aliphatic rings. The van der Waals surface area contributed by atoms with Crippen LogP contribution in [0.1, 0.15) is 41.4 Å². The third kappa shape index (κ3) is 3.87. The van der Waals surface area contributed by atoms with E-state index in [-0.39, 0.29) is 11.7 Å². The lowest BCUT2D eigenvalue weighted by Gasteiger charge is -2.06. The Morgan fingerprint density at radius 2 is 1.75 bits per heavy atom. The summed E-state index contributed by atoms with van der Waals surface area (Å²) in [6, 6.07) is 21.4. The lowest BCUT2D eigenvalue weighted by Crippen LogP contribution is -2.11. The van der Waals surface area contributed by atoms with Crippen LogP contribution in [0, 0.1) is 6.92 Å². The van der Waals surface area contributed by atoms with Crippen LogP contribution in [0.5, 0.6) is 0 Å². The highest BCUT2D eigenvalue weighted by atomic mass is 16.3. The van der Waals surface area contributed by atoms with Crippen molar-refractivity contribution in [1.29, 1.82) is 0 Å². The Labute approximate surface area is 185 Å². The van der Waals surface area contributed by atoms with Gasteiger partial charge in [-0.25, -0.2) is 0 Å². The molecule has 0 aliphatic carbocycles. The van der Waals surface area contributed by atoms with Crippen LogP contribution in [0.3, 0.4) is 0 Å². The molecule has 0 saturated heterocycles. The van der Waals surface area contributed by atoms with E-state index in [4.69, 9.17) is 4.42 Å². The number of hydrogen-bond acceptors (Lipinski definition) is 4. The number of hydrogen-bond donors (Lipinski definition) is 1. The number of amides is 1. The van der Waals surface area contributed by atoms with E-state index in [0.717, 1.165) is 28.6 Å². The van der Waals surface area contributed by atoms with Gasteiger partial charge in [0.2, 0.25) is 0 Å². The minimum atomic E-state index is -0.293. The van der Waals surface area contributed by atoms with E-state index in [1.807, 2.05) is 55.5 Å². The van der Waals surface area contributed by atoms with E-state index in [1.165, 1.54) is 18.4 Å². The normalized spacial score (nSPS) is 11.3. The summed E-state index contributed by atoms with van der Waals surface area (Å²) in [6.45, 7) is 4.14. The highest BCUT2D eigenvalue weighted by molar-refractivity contribution is 6.05. The van der Waals surface area contributed by atoms with Crippen molar-refractivity contribution >= 4 is 33.6 Å². The van der Waals surface area contributed by atoms with Crippen LogP contribution in [0.25, 0.3) is 27.7 Å². The molecule has 0 fully saturated rings. The smallest absolute Gasteiger partial charge is 0.291 e. The molecule has 0 bridgehead atoms. The molecule has 160 valence electrons. The van der Waals surface area contributed by atoms with Gasteiger partial charge in [0.25, 0.3) is 5.91 Å². The number of rotatable bonds is 6. The maximum Gasteiger partial charge on any atom is 0.291 e. The Hall–Kier alpha value is -3.93. The average Bonchev–Trinajstić information content (AvgIpc) is 3.42. The maximum absolute atomic E-state index is 12.8. The maximum atomic E-state index is 12.8. The minimum Gasteiger partial charge on any atom is -0.451 e. The number of carbonyl (C=O) groups is 1. The number of carbonyl (C=O) groups excluding carboxylic acids is 1. The van der Waals surface area contributed by atoms with Gasteiger partial charge >= 0.3 is 0 Å². The van der Waals surface area contributed by atoms with Gasteiger partial charge in [0.15, 0.2) is 5.76 Å². The summed E-state index contributed by atoms with van der Waals surface area (Å²) in [5.41, 5.74) is 6.00. The topological polar surface area (TPSA) is 73.0 Å². The summed E-state index contributed by atoms with van der Waals surface area (Å²) >= 11 is 0. The van der Waals surface area contributed by atoms with Gasteiger partial charge < -0.3 is 9.73 Å². The first-order valence-corrected chi connectivity index (χ1v) is 10.9. The third-order valence-electron chi connectivity index (χ3n) is 5.61. The van der Waals surface area contributed by atoms with E-state index in [9.17, 15) is 4.79 Å². The van der Waals surface area contributed by atoms with E-state index in [1.54, 1.807) is 10.9 Å². The number of furan rings is 1. The SMILES string of the molecule is CCCCc1ccc(-n2nc3cc(C)c(NC(=O)c4cc5ccccc5o4)cc3n2)cc1. The van der Waals surface area contributed by atoms with Crippen LogP contribution in [-0.2, 0) is 6.42 Å². The molecule has 0 radical (unpaired) electrons. The molecule has 0 atom stereocenters. The highest BCUT2D eigenvalue weighted by Gasteiger charge is 2.15. The van der Waals surface area contributed by atoms with Gasteiger partial charge in [0.05, 0.1) is 5.69 Å². The summed E-state index contributed by atoms with van der Waals surface area (Å²) in [7, 11) is 0. The van der Waals surface area contributed by atoms with Crippen molar-refractivity contribution in [2.75, 3.05) is 5.32 Å². The Balaban J connectivity index is 1.40. The fraction of sp³-hybridized carbons (Fsp3) is 0.192. The Morgan fingerprint density at radius 3 is 2.50 bits per heavy atom. The van der Waals surface area contributed by atoms with Gasteiger partial charge in [-0.1, -0.05) is 43.7 Å². The molecule has 6 nitrogen and oxygen atoms in total. The number of nitrogens with zero attached hydrogens (tertiary/aromatic N) is 3. The molecule has 5 aromatic rings. The molecule has 1 N–H and O–H groups in total. The monoisotopic (exact) mass is 424 g/mol. The van der Waals surface area contributed by atoms with Gasteiger partial charge in [0.1, 0.15) is 16.6 Å². The first-order chi connectivity index (χ1) is 15.6. The quantitative estimate of drug-likeness (QED) is 0.359. The zero-order valence-corrected chi connectivity index (χ0v) is 18.1. The van der Waals surface area contributed by atoms with Crippen LogP contribution in [0.4, 0.5) is 5.69 Å². The summed E-state index contributed by atoms with van der Waals surface area (Å²) < 4.78 is 5.68. The lowest BCUT2D eigenvalue weighted by molar-refractivity contribution is 0.0998. The molecule has 0 saturated carbocycles. The summed E-state index contributed by atoms with van der Waals surface area (Å²) in [5.74, 6) is -0.0174. The number of fused-ring (bicyclic) bond motifs is 2. The molecule has 1 amide bonds. The van der Waals surface area contributed by atoms with Crippen molar-refractivity contribution in [3.05, 3.63) is 83.6 Å². The van der Waals surface area contributed by atoms with E-state index >= 15 is 0 Å². The van der Waals surface area contributed by atoms with Crippen LogP contribution >= 0.6 is 0 Å². The molecule has 0 aliphatic heterocycles. The second kappa shape index (κ2) is 8.30. The number of aryl methyl sites for hydroxylation is 2. The van der Waals surface area contributed by atoms with Crippen LogP contribution in [0.2, 0.25) is 0 Å². The predicted molar refractivity (Wildman–Crippen MR) is 126 cm³/mol. The predicted octanol–water partition coefficient (Wildman–Crippen LogP) is 6.07. The van der Waals surface area contributed by atoms with E-state index in [0.29, 0.717) is 16.8 Å². The Bertz CT molecular complexity index is 1380. The molecule has 5 rings (SSSR count). The summed E-state index contributed by atoms with van der Waals surface area (Å²) in [4.78, 5) is 14.4. The van der Waals surface area contributed by atoms with E-state index in [2.05, 4.69) is 34.6 Å². The molecule has 32 heavy (non-hydrogen) atoms. The molecular weight excluding hydrogens is 400 g/mol. The average molecular weight is 425 g/mol. The minimum absolute atomic E-state index is 0.275.